The third-order valence-corrected chi connectivity index (χ3v) is 2.91. The Morgan fingerprint density at radius 1 is 1.38 bits per heavy atom. The molecule has 1 N–H and O–H groups in total. The molecule has 1 fully saturated rings. The number of hydrogen-bond acceptors (Lipinski definition) is 3. The zero-order valence-corrected chi connectivity index (χ0v) is 10.9. The number of ether oxygens (including phenoxy) is 1. The summed E-state index contributed by atoms with van der Waals surface area (Å²) in [5, 5.41) is 2.57. The Hall–Kier alpha value is -2.25. The number of halogens is 3. The van der Waals surface area contributed by atoms with Crippen LogP contribution < -0.4 is 10.1 Å². The first-order chi connectivity index (χ1) is 9.86. The molecule has 0 spiro atoms. The van der Waals surface area contributed by atoms with E-state index < -0.39 is 24.3 Å². The Morgan fingerprint density at radius 2 is 2.14 bits per heavy atom. The van der Waals surface area contributed by atoms with Crippen LogP contribution in [-0.2, 0) is 15.8 Å². The Balaban J connectivity index is 1.93. The van der Waals surface area contributed by atoms with Crippen LogP contribution in [0.3, 0.4) is 0 Å². The molecule has 1 aliphatic heterocycles. The van der Waals surface area contributed by atoms with Gasteiger partial charge in [0.1, 0.15) is 5.75 Å². The fourth-order valence-electron chi connectivity index (χ4n) is 1.85. The number of rotatable bonds is 3. The molecule has 114 valence electrons. The van der Waals surface area contributed by atoms with Gasteiger partial charge in [0.15, 0.2) is 6.61 Å². The Kier molecular flexibility index (Phi) is 4.35. The van der Waals surface area contributed by atoms with E-state index in [1.165, 1.54) is 17.0 Å². The van der Waals surface area contributed by atoms with Crippen LogP contribution >= 0.6 is 0 Å². The molecule has 1 saturated heterocycles. The fraction of sp³-hybridized carbons (Fsp3) is 0.385. The number of piperazine rings is 1. The van der Waals surface area contributed by atoms with Crippen molar-refractivity contribution in [2.24, 2.45) is 0 Å². The summed E-state index contributed by atoms with van der Waals surface area (Å²) in [4.78, 5) is 24.2. The molecule has 2 rings (SSSR count). The lowest BCUT2D eigenvalue weighted by molar-refractivity contribution is -0.139. The van der Waals surface area contributed by atoms with Gasteiger partial charge in [-0.15, -0.1) is 0 Å². The number of amides is 2. The average Bonchev–Trinajstić information content (AvgIpc) is 2.44. The third-order valence-electron chi connectivity index (χ3n) is 2.91. The van der Waals surface area contributed by atoms with Crippen molar-refractivity contribution >= 4 is 11.8 Å². The van der Waals surface area contributed by atoms with Gasteiger partial charge in [-0.1, -0.05) is 6.07 Å². The summed E-state index contributed by atoms with van der Waals surface area (Å²) in [5.41, 5.74) is -0.843. The van der Waals surface area contributed by atoms with Crippen molar-refractivity contribution in [1.29, 1.82) is 0 Å². The lowest BCUT2D eigenvalue weighted by Gasteiger charge is -2.26. The van der Waals surface area contributed by atoms with E-state index in [1.807, 2.05) is 0 Å². The zero-order valence-electron chi connectivity index (χ0n) is 10.9. The predicted octanol–water partition coefficient (Wildman–Crippen LogP) is 1.04. The van der Waals surface area contributed by atoms with Crippen molar-refractivity contribution in [2.75, 3.05) is 26.2 Å². The number of benzene rings is 1. The lowest BCUT2D eigenvalue weighted by atomic mass is 10.2. The van der Waals surface area contributed by atoms with Gasteiger partial charge in [0.2, 0.25) is 5.91 Å². The number of carbonyl (C=O) groups excluding carboxylic acids is 2. The number of nitrogens with zero attached hydrogens (tertiary/aromatic N) is 1. The van der Waals surface area contributed by atoms with Gasteiger partial charge in [-0.25, -0.2) is 0 Å². The van der Waals surface area contributed by atoms with Crippen LogP contribution in [-0.4, -0.2) is 43.0 Å². The minimum Gasteiger partial charge on any atom is -0.484 e. The molecule has 0 aliphatic carbocycles. The molecule has 21 heavy (non-hydrogen) atoms. The van der Waals surface area contributed by atoms with Crippen molar-refractivity contribution in [1.82, 2.24) is 10.2 Å². The first-order valence-electron chi connectivity index (χ1n) is 6.21. The number of carbonyl (C=O) groups is 2. The highest BCUT2D eigenvalue weighted by atomic mass is 19.4. The molecule has 1 aromatic carbocycles. The zero-order chi connectivity index (χ0) is 15.5. The highest BCUT2D eigenvalue weighted by molar-refractivity contribution is 5.86. The Labute approximate surface area is 118 Å². The quantitative estimate of drug-likeness (QED) is 0.908. The molecular weight excluding hydrogens is 289 g/mol. The molecule has 2 amide bonds. The number of alkyl halides is 3. The van der Waals surface area contributed by atoms with Gasteiger partial charge in [0, 0.05) is 13.1 Å². The summed E-state index contributed by atoms with van der Waals surface area (Å²) in [6.07, 6.45) is -4.46. The van der Waals surface area contributed by atoms with E-state index in [4.69, 9.17) is 4.74 Å². The van der Waals surface area contributed by atoms with Crippen LogP contribution in [0, 0.1) is 0 Å². The van der Waals surface area contributed by atoms with Crippen molar-refractivity contribution < 1.29 is 27.5 Å². The third kappa shape index (κ3) is 4.11. The normalized spacial score (nSPS) is 15.6. The molecule has 0 aromatic heterocycles. The molecule has 5 nitrogen and oxygen atoms in total. The maximum Gasteiger partial charge on any atom is 0.416 e. The van der Waals surface area contributed by atoms with Gasteiger partial charge in [-0.05, 0) is 18.2 Å². The molecule has 1 aliphatic rings. The van der Waals surface area contributed by atoms with E-state index in [2.05, 4.69) is 5.32 Å². The second-order valence-electron chi connectivity index (χ2n) is 4.48. The van der Waals surface area contributed by atoms with E-state index in [-0.39, 0.29) is 18.2 Å². The van der Waals surface area contributed by atoms with Crippen LogP contribution in [0.25, 0.3) is 0 Å². The topological polar surface area (TPSA) is 58.6 Å². The summed E-state index contributed by atoms with van der Waals surface area (Å²) in [7, 11) is 0. The summed E-state index contributed by atoms with van der Waals surface area (Å²) < 4.78 is 42.6. The molecule has 0 saturated carbocycles. The van der Waals surface area contributed by atoms with Crippen LogP contribution in [0.5, 0.6) is 5.75 Å². The maximum absolute atomic E-state index is 12.5. The molecule has 1 heterocycles. The number of nitrogens with one attached hydrogen (secondary N) is 1. The highest BCUT2D eigenvalue weighted by Gasteiger charge is 2.30. The van der Waals surface area contributed by atoms with Crippen LogP contribution in [0.1, 0.15) is 5.56 Å². The SMILES string of the molecule is O=C1CN(C(=O)COc2cccc(C(F)(F)F)c2)CCN1. The van der Waals surface area contributed by atoms with Gasteiger partial charge >= 0.3 is 6.18 Å². The monoisotopic (exact) mass is 302 g/mol. The Morgan fingerprint density at radius 3 is 2.81 bits per heavy atom. The molecule has 0 unspecified atom stereocenters. The minimum atomic E-state index is -4.46. The average molecular weight is 302 g/mol. The minimum absolute atomic E-state index is 0.0420. The molecule has 1 aromatic rings. The van der Waals surface area contributed by atoms with Crippen molar-refractivity contribution in [3.8, 4) is 5.75 Å². The van der Waals surface area contributed by atoms with Crippen LogP contribution in [0.4, 0.5) is 13.2 Å². The summed E-state index contributed by atoms with van der Waals surface area (Å²) in [6.45, 7) is 0.240. The van der Waals surface area contributed by atoms with Crippen molar-refractivity contribution in [3.63, 3.8) is 0 Å². The lowest BCUT2D eigenvalue weighted by Crippen LogP contribution is -2.51. The van der Waals surface area contributed by atoms with E-state index in [1.54, 1.807) is 0 Å². The maximum atomic E-state index is 12.5. The standard InChI is InChI=1S/C13H13F3N2O3/c14-13(15,16)9-2-1-3-10(6-9)21-8-12(20)18-5-4-17-11(19)7-18/h1-3,6H,4-5,7-8H2,(H,17,19). The smallest absolute Gasteiger partial charge is 0.416 e. The van der Waals surface area contributed by atoms with E-state index >= 15 is 0 Å². The molecule has 0 radical (unpaired) electrons. The second kappa shape index (κ2) is 6.02. The van der Waals surface area contributed by atoms with Gasteiger partial charge in [0.05, 0.1) is 12.1 Å². The predicted molar refractivity (Wildman–Crippen MR) is 66.5 cm³/mol. The van der Waals surface area contributed by atoms with Gasteiger partial charge in [-0.2, -0.15) is 13.2 Å². The van der Waals surface area contributed by atoms with Gasteiger partial charge < -0.3 is 15.0 Å². The number of hydrogen-bond donors (Lipinski definition) is 1. The molecule has 0 bridgehead atoms. The Bertz CT molecular complexity index is 546. The molecule has 8 heteroatoms. The summed E-state index contributed by atoms with van der Waals surface area (Å²) in [5.74, 6) is -0.754. The highest BCUT2D eigenvalue weighted by Crippen LogP contribution is 2.31. The summed E-state index contributed by atoms with van der Waals surface area (Å²) >= 11 is 0. The second-order valence-corrected chi connectivity index (χ2v) is 4.48. The van der Waals surface area contributed by atoms with Crippen LogP contribution in [0.2, 0.25) is 0 Å². The van der Waals surface area contributed by atoms with Crippen molar-refractivity contribution in [2.45, 2.75) is 6.18 Å². The first-order valence-corrected chi connectivity index (χ1v) is 6.21. The first kappa shape index (κ1) is 15.1. The van der Waals surface area contributed by atoms with Gasteiger partial charge in [0.25, 0.3) is 5.91 Å². The fourth-order valence-corrected chi connectivity index (χ4v) is 1.85. The van der Waals surface area contributed by atoms with E-state index in [9.17, 15) is 22.8 Å². The largest absolute Gasteiger partial charge is 0.484 e. The molecular formula is C13H13F3N2O3. The van der Waals surface area contributed by atoms with E-state index in [0.717, 1.165) is 12.1 Å². The molecule has 0 atom stereocenters. The summed E-state index contributed by atoms with van der Waals surface area (Å²) in [6, 6.07) is 4.29. The van der Waals surface area contributed by atoms with Gasteiger partial charge in [-0.3, -0.25) is 9.59 Å². The van der Waals surface area contributed by atoms with Crippen LogP contribution in [0.15, 0.2) is 24.3 Å². The van der Waals surface area contributed by atoms with Crippen molar-refractivity contribution in [3.05, 3.63) is 29.8 Å². The van der Waals surface area contributed by atoms with E-state index in [0.29, 0.717) is 13.1 Å².